The maximum atomic E-state index is 12.9. The number of carboxylic acids is 1. The van der Waals surface area contributed by atoms with Crippen LogP contribution in [0.1, 0.15) is 19.8 Å². The normalized spacial score (nSPS) is 21.5. The van der Waals surface area contributed by atoms with Crippen LogP contribution in [0.3, 0.4) is 0 Å². The Labute approximate surface area is 132 Å². The summed E-state index contributed by atoms with van der Waals surface area (Å²) < 4.78 is 18.2. The first-order valence-corrected chi connectivity index (χ1v) is 7.36. The molecule has 1 aromatic carbocycles. The Hall–Kier alpha value is -1.82. The summed E-state index contributed by atoms with van der Waals surface area (Å²) in [4.78, 5) is 24.8. The Balaban J connectivity index is 2.00. The van der Waals surface area contributed by atoms with Gasteiger partial charge in [0.2, 0.25) is 0 Å². The van der Waals surface area contributed by atoms with Gasteiger partial charge in [0.15, 0.2) is 6.61 Å². The van der Waals surface area contributed by atoms with Gasteiger partial charge in [-0.1, -0.05) is 18.5 Å². The standard InChI is InChI=1S/C15H17ClFNO4/c1-9-4-5-18(12(6-9)15(20)21)14(19)8-22-13-3-2-10(17)7-11(13)16/h2-3,7,9,12H,4-6,8H2,1H3,(H,20,21). The van der Waals surface area contributed by atoms with Crippen LogP contribution in [0, 0.1) is 11.7 Å². The number of ether oxygens (including phenoxy) is 1. The number of carbonyl (C=O) groups is 2. The van der Waals surface area contributed by atoms with Crippen LogP contribution in [0.2, 0.25) is 5.02 Å². The minimum absolute atomic E-state index is 0.0647. The largest absolute Gasteiger partial charge is 0.482 e. The quantitative estimate of drug-likeness (QED) is 0.922. The van der Waals surface area contributed by atoms with Crippen LogP contribution in [-0.2, 0) is 9.59 Å². The van der Waals surface area contributed by atoms with Gasteiger partial charge in [-0.15, -0.1) is 0 Å². The molecule has 5 nitrogen and oxygen atoms in total. The minimum atomic E-state index is -1.01. The third-order valence-corrected chi connectivity index (χ3v) is 4.01. The monoisotopic (exact) mass is 329 g/mol. The Morgan fingerprint density at radius 3 is 2.86 bits per heavy atom. The van der Waals surface area contributed by atoms with Gasteiger partial charge < -0.3 is 14.7 Å². The van der Waals surface area contributed by atoms with E-state index in [1.54, 1.807) is 0 Å². The Kier molecular flexibility index (Phi) is 5.24. The number of carboxylic acid groups (broad SMARTS) is 1. The smallest absolute Gasteiger partial charge is 0.326 e. The number of nitrogens with zero attached hydrogens (tertiary/aromatic N) is 1. The average Bonchev–Trinajstić information content (AvgIpc) is 2.45. The van der Waals surface area contributed by atoms with Crippen molar-refractivity contribution in [3.8, 4) is 5.75 Å². The van der Waals surface area contributed by atoms with Gasteiger partial charge in [0, 0.05) is 6.54 Å². The van der Waals surface area contributed by atoms with Crippen molar-refractivity contribution in [1.29, 1.82) is 0 Å². The minimum Gasteiger partial charge on any atom is -0.482 e. The summed E-state index contributed by atoms with van der Waals surface area (Å²) in [5.41, 5.74) is 0. The molecule has 22 heavy (non-hydrogen) atoms. The molecule has 2 atom stereocenters. The van der Waals surface area contributed by atoms with E-state index in [1.807, 2.05) is 6.92 Å². The number of rotatable bonds is 4. The highest BCUT2D eigenvalue weighted by molar-refractivity contribution is 6.32. The second-order valence-electron chi connectivity index (χ2n) is 5.43. The van der Waals surface area contributed by atoms with Crippen molar-refractivity contribution in [3.05, 3.63) is 29.0 Å². The summed E-state index contributed by atoms with van der Waals surface area (Å²) in [6.45, 7) is 2.02. The van der Waals surface area contributed by atoms with Crippen molar-refractivity contribution in [1.82, 2.24) is 4.90 Å². The van der Waals surface area contributed by atoms with Crippen molar-refractivity contribution < 1.29 is 23.8 Å². The summed E-state index contributed by atoms with van der Waals surface area (Å²) in [6, 6.07) is 2.76. The Morgan fingerprint density at radius 1 is 1.50 bits per heavy atom. The first kappa shape index (κ1) is 16.5. The molecule has 7 heteroatoms. The fraction of sp³-hybridized carbons (Fsp3) is 0.467. The average molecular weight is 330 g/mol. The molecule has 0 bridgehead atoms. The first-order chi connectivity index (χ1) is 10.4. The number of halogens is 2. The van der Waals surface area contributed by atoms with Crippen molar-refractivity contribution in [2.24, 2.45) is 5.92 Å². The topological polar surface area (TPSA) is 66.8 Å². The van der Waals surface area contributed by atoms with Crippen LogP contribution < -0.4 is 4.74 Å². The molecule has 0 aliphatic carbocycles. The summed E-state index contributed by atoms with van der Waals surface area (Å²) in [5, 5.41) is 9.30. The molecule has 2 unspecified atom stereocenters. The number of amides is 1. The molecule has 0 aromatic heterocycles. The number of benzene rings is 1. The van der Waals surface area contributed by atoms with Crippen LogP contribution in [0.25, 0.3) is 0 Å². The maximum absolute atomic E-state index is 12.9. The lowest BCUT2D eigenvalue weighted by molar-refractivity contribution is -0.153. The molecule has 1 aromatic rings. The van der Waals surface area contributed by atoms with E-state index in [4.69, 9.17) is 16.3 Å². The summed E-state index contributed by atoms with van der Waals surface area (Å²) in [5.74, 6) is -1.48. The predicted molar refractivity (Wildman–Crippen MR) is 78.4 cm³/mol. The summed E-state index contributed by atoms with van der Waals surface area (Å²) in [7, 11) is 0. The van der Waals surface area contributed by atoms with Crippen LogP contribution in [-0.4, -0.2) is 41.1 Å². The van der Waals surface area contributed by atoms with Crippen molar-refractivity contribution in [3.63, 3.8) is 0 Å². The van der Waals surface area contributed by atoms with Crippen molar-refractivity contribution in [2.45, 2.75) is 25.8 Å². The second-order valence-corrected chi connectivity index (χ2v) is 5.84. The van der Waals surface area contributed by atoms with E-state index in [2.05, 4.69) is 0 Å². The third-order valence-electron chi connectivity index (χ3n) is 3.72. The van der Waals surface area contributed by atoms with Gasteiger partial charge in [0.25, 0.3) is 5.91 Å². The number of hydrogen-bond acceptors (Lipinski definition) is 3. The van der Waals surface area contributed by atoms with Crippen molar-refractivity contribution in [2.75, 3.05) is 13.2 Å². The fourth-order valence-corrected chi connectivity index (χ4v) is 2.71. The van der Waals surface area contributed by atoms with E-state index in [0.29, 0.717) is 13.0 Å². The molecule has 2 rings (SSSR count). The first-order valence-electron chi connectivity index (χ1n) is 6.98. The molecule has 1 aliphatic heterocycles. The van der Waals surface area contributed by atoms with Gasteiger partial charge >= 0.3 is 5.97 Å². The van der Waals surface area contributed by atoms with Crippen LogP contribution in [0.4, 0.5) is 4.39 Å². The van der Waals surface area contributed by atoms with Crippen molar-refractivity contribution >= 4 is 23.5 Å². The van der Waals surface area contributed by atoms with E-state index < -0.39 is 23.7 Å². The fourth-order valence-electron chi connectivity index (χ4n) is 2.49. The molecule has 1 amide bonds. The SMILES string of the molecule is CC1CCN(C(=O)COc2ccc(F)cc2Cl)C(C(=O)O)C1. The lowest BCUT2D eigenvalue weighted by Crippen LogP contribution is -2.51. The highest BCUT2D eigenvalue weighted by Crippen LogP contribution is 2.26. The molecule has 1 fully saturated rings. The van der Waals surface area contributed by atoms with E-state index >= 15 is 0 Å². The van der Waals surface area contributed by atoms with E-state index in [9.17, 15) is 19.1 Å². The van der Waals surface area contributed by atoms with Gasteiger partial charge in [-0.25, -0.2) is 9.18 Å². The highest BCUT2D eigenvalue weighted by atomic mass is 35.5. The van der Waals surface area contributed by atoms with Gasteiger partial charge in [0.1, 0.15) is 17.6 Å². The lowest BCUT2D eigenvalue weighted by Gasteiger charge is -2.35. The lowest BCUT2D eigenvalue weighted by atomic mass is 9.92. The van der Waals surface area contributed by atoms with E-state index in [0.717, 1.165) is 12.5 Å². The zero-order valence-corrected chi connectivity index (χ0v) is 12.8. The maximum Gasteiger partial charge on any atom is 0.326 e. The number of carbonyl (C=O) groups excluding carboxylic acids is 1. The molecule has 120 valence electrons. The van der Waals surface area contributed by atoms with E-state index in [1.165, 1.54) is 17.0 Å². The third kappa shape index (κ3) is 3.88. The van der Waals surface area contributed by atoms with Gasteiger partial charge in [-0.3, -0.25) is 4.79 Å². The molecule has 1 saturated heterocycles. The molecule has 1 aliphatic rings. The highest BCUT2D eigenvalue weighted by Gasteiger charge is 2.34. The zero-order valence-electron chi connectivity index (χ0n) is 12.1. The van der Waals surface area contributed by atoms with Crippen LogP contribution >= 0.6 is 11.6 Å². The van der Waals surface area contributed by atoms with Crippen LogP contribution in [0.5, 0.6) is 5.75 Å². The molecular formula is C15H17ClFNO4. The molecule has 0 saturated carbocycles. The van der Waals surface area contributed by atoms with Crippen LogP contribution in [0.15, 0.2) is 18.2 Å². The Morgan fingerprint density at radius 2 is 2.23 bits per heavy atom. The predicted octanol–water partition coefficient (Wildman–Crippen LogP) is 2.57. The number of likely N-dealkylation sites (tertiary alicyclic amines) is 1. The molecule has 1 heterocycles. The van der Waals surface area contributed by atoms with Gasteiger partial charge in [-0.2, -0.15) is 0 Å². The number of piperidine rings is 1. The second kappa shape index (κ2) is 6.96. The molecular weight excluding hydrogens is 313 g/mol. The van der Waals surface area contributed by atoms with Gasteiger partial charge in [-0.05, 0) is 37.0 Å². The Bertz CT molecular complexity index is 581. The zero-order chi connectivity index (χ0) is 16.3. The molecule has 0 spiro atoms. The molecule has 1 N–H and O–H groups in total. The summed E-state index contributed by atoms with van der Waals surface area (Å²) in [6.07, 6.45) is 1.19. The summed E-state index contributed by atoms with van der Waals surface area (Å²) >= 11 is 5.81. The number of aliphatic carboxylic acids is 1. The van der Waals surface area contributed by atoms with E-state index in [-0.39, 0.29) is 23.3 Å². The number of hydrogen-bond donors (Lipinski definition) is 1. The van der Waals surface area contributed by atoms with Gasteiger partial charge in [0.05, 0.1) is 5.02 Å². The molecule has 0 radical (unpaired) electrons.